The second kappa shape index (κ2) is 7.46. The molecule has 0 radical (unpaired) electrons. The van der Waals surface area contributed by atoms with Crippen LogP contribution < -0.4 is 15.6 Å². The summed E-state index contributed by atoms with van der Waals surface area (Å²) in [4.78, 5) is 12.9. The Balaban J connectivity index is 1.85. The number of anilines is 3. The molecule has 0 spiro atoms. The van der Waals surface area contributed by atoms with Gasteiger partial charge < -0.3 is 9.88 Å². The highest BCUT2D eigenvalue weighted by Crippen LogP contribution is 2.49. The Hall–Kier alpha value is -2.26. The highest BCUT2D eigenvalue weighted by Gasteiger charge is 2.54. The molecule has 1 fully saturated rings. The molecule has 1 aliphatic carbocycles. The highest BCUT2D eigenvalue weighted by atomic mass is 32.2. The molecule has 160 valence electrons. The van der Waals surface area contributed by atoms with Crippen LogP contribution in [-0.4, -0.2) is 23.5 Å². The minimum absolute atomic E-state index is 0.184. The zero-order valence-electron chi connectivity index (χ0n) is 16.9. The number of sulfonamides is 1. The second-order valence-corrected chi connectivity index (χ2v) is 11.0. The molecule has 1 aliphatic heterocycles. The number of aromatic nitrogens is 1. The van der Waals surface area contributed by atoms with Crippen LogP contribution in [0.3, 0.4) is 0 Å². The van der Waals surface area contributed by atoms with Crippen molar-refractivity contribution >= 4 is 38.8 Å². The van der Waals surface area contributed by atoms with Crippen molar-refractivity contribution < 1.29 is 12.8 Å². The lowest BCUT2D eigenvalue weighted by molar-refractivity contribution is 0.582. The minimum Gasteiger partial charge on any atom is -0.351 e. The number of halogens is 1. The maximum atomic E-state index is 14.5. The Morgan fingerprint density at radius 2 is 2.03 bits per heavy atom. The average molecular weight is 450 g/mol. The Morgan fingerprint density at radius 3 is 2.67 bits per heavy atom. The first-order valence-electron chi connectivity index (χ1n) is 9.76. The number of nitrogens with one attached hydrogen (secondary N) is 2. The molecule has 2 heterocycles. The predicted octanol–water partition coefficient (Wildman–Crippen LogP) is 4.30. The zero-order valence-corrected chi connectivity index (χ0v) is 18.6. The van der Waals surface area contributed by atoms with Crippen molar-refractivity contribution in [1.82, 2.24) is 4.57 Å². The molecule has 0 amide bonds. The number of aryl methyl sites for hydroxylation is 1. The van der Waals surface area contributed by atoms with Crippen molar-refractivity contribution in [2.45, 2.75) is 49.4 Å². The van der Waals surface area contributed by atoms with Gasteiger partial charge in [0.1, 0.15) is 16.5 Å². The Kier molecular flexibility index (Phi) is 5.22. The van der Waals surface area contributed by atoms with E-state index in [1.54, 1.807) is 36.6 Å². The van der Waals surface area contributed by atoms with Gasteiger partial charge in [0.25, 0.3) is 5.56 Å². The van der Waals surface area contributed by atoms with Crippen LogP contribution in [0, 0.1) is 19.7 Å². The van der Waals surface area contributed by atoms with Gasteiger partial charge in [-0.15, -0.1) is 18.3 Å². The minimum atomic E-state index is -3.73. The van der Waals surface area contributed by atoms with Crippen molar-refractivity contribution in [3.63, 3.8) is 0 Å². The van der Waals surface area contributed by atoms with Crippen LogP contribution in [0.4, 0.5) is 21.5 Å². The lowest BCUT2D eigenvalue weighted by atomic mass is 10.1. The number of hydrogen-bond acceptors (Lipinski definition) is 5. The smallest absolute Gasteiger partial charge is 0.256 e. The molecular weight excluding hydrogens is 425 g/mol. The van der Waals surface area contributed by atoms with Gasteiger partial charge in [-0.05, 0) is 50.8 Å². The van der Waals surface area contributed by atoms with Gasteiger partial charge in [0.05, 0.1) is 16.1 Å². The van der Waals surface area contributed by atoms with E-state index in [1.807, 2.05) is 0 Å². The first-order valence-corrected chi connectivity index (χ1v) is 12.2. The van der Waals surface area contributed by atoms with E-state index in [1.165, 1.54) is 17.8 Å². The first kappa shape index (κ1) is 21.0. The maximum absolute atomic E-state index is 14.5. The summed E-state index contributed by atoms with van der Waals surface area (Å²) >= 11 is 1.42. The lowest BCUT2D eigenvalue weighted by Crippen LogP contribution is -2.31. The Morgan fingerprint density at radius 1 is 1.30 bits per heavy atom. The van der Waals surface area contributed by atoms with Crippen molar-refractivity contribution in [3.8, 4) is 0 Å². The van der Waals surface area contributed by atoms with Gasteiger partial charge >= 0.3 is 0 Å². The third-order valence-electron chi connectivity index (χ3n) is 5.72. The van der Waals surface area contributed by atoms with Crippen LogP contribution in [-0.2, 0) is 16.6 Å². The van der Waals surface area contributed by atoms with Crippen LogP contribution in [0.5, 0.6) is 0 Å². The number of benzene rings is 1. The van der Waals surface area contributed by atoms with E-state index >= 15 is 0 Å². The SMILES string of the molecule is C=CCC1(S(=O)(=O)Nc2c(Nc3ccc(C)cc3F)c(C)c(=O)n3c2SCC3)CC1. The summed E-state index contributed by atoms with van der Waals surface area (Å²) in [5.41, 5.74) is 1.68. The molecule has 6 nitrogen and oxygen atoms in total. The van der Waals surface area contributed by atoms with Crippen molar-refractivity contribution in [1.29, 1.82) is 0 Å². The maximum Gasteiger partial charge on any atom is 0.256 e. The van der Waals surface area contributed by atoms with Crippen LogP contribution >= 0.6 is 11.8 Å². The monoisotopic (exact) mass is 449 g/mol. The van der Waals surface area contributed by atoms with Crippen LogP contribution in [0.2, 0.25) is 0 Å². The first-order chi connectivity index (χ1) is 14.2. The number of nitrogens with zero attached hydrogens (tertiary/aromatic N) is 1. The van der Waals surface area contributed by atoms with Crippen LogP contribution in [0.1, 0.15) is 30.4 Å². The molecule has 4 rings (SSSR count). The van der Waals surface area contributed by atoms with E-state index in [0.717, 1.165) is 5.56 Å². The summed E-state index contributed by atoms with van der Waals surface area (Å²) in [6.07, 6.45) is 3.10. The highest BCUT2D eigenvalue weighted by molar-refractivity contribution is 7.99. The molecule has 0 bridgehead atoms. The summed E-state index contributed by atoms with van der Waals surface area (Å²) in [7, 11) is -3.73. The van der Waals surface area contributed by atoms with Crippen molar-refractivity contribution in [3.05, 3.63) is 58.2 Å². The molecule has 0 saturated heterocycles. The van der Waals surface area contributed by atoms with Gasteiger partial charge in [0.2, 0.25) is 10.0 Å². The van der Waals surface area contributed by atoms with E-state index in [9.17, 15) is 17.6 Å². The number of allylic oxidation sites excluding steroid dienone is 1. The van der Waals surface area contributed by atoms with Crippen molar-refractivity contribution in [2.24, 2.45) is 0 Å². The number of pyridine rings is 1. The van der Waals surface area contributed by atoms with E-state index in [-0.39, 0.29) is 11.2 Å². The van der Waals surface area contributed by atoms with Gasteiger partial charge in [-0.25, -0.2) is 12.8 Å². The standard InChI is InChI=1S/C21H24FN3O3S2/c1-4-7-21(8-9-21)30(27,28)24-18-17(23-16-6-5-13(2)12-15(16)22)14(3)19(26)25-10-11-29-20(18)25/h4-6,12,23-24H,1,7-11H2,2-3H3. The quantitative estimate of drug-likeness (QED) is 0.616. The second-order valence-electron chi connectivity index (χ2n) is 7.88. The van der Waals surface area contributed by atoms with Gasteiger partial charge in [-0.2, -0.15) is 0 Å². The number of fused-ring (bicyclic) bond motifs is 1. The fourth-order valence-electron chi connectivity index (χ4n) is 3.75. The largest absolute Gasteiger partial charge is 0.351 e. The summed E-state index contributed by atoms with van der Waals surface area (Å²) in [5, 5.41) is 3.54. The van der Waals surface area contributed by atoms with Crippen molar-refractivity contribution in [2.75, 3.05) is 15.8 Å². The Bertz CT molecular complexity index is 1200. The molecule has 1 saturated carbocycles. The van der Waals surface area contributed by atoms with Gasteiger partial charge in [0, 0.05) is 17.9 Å². The molecule has 2 aromatic rings. The number of hydrogen-bond donors (Lipinski definition) is 2. The molecule has 2 N–H and O–H groups in total. The van der Waals surface area contributed by atoms with Crippen LogP contribution in [0.15, 0.2) is 40.7 Å². The van der Waals surface area contributed by atoms with Crippen LogP contribution in [0.25, 0.3) is 0 Å². The lowest BCUT2D eigenvalue weighted by Gasteiger charge is -2.23. The average Bonchev–Trinajstić information content (AvgIpc) is 3.32. The summed E-state index contributed by atoms with van der Waals surface area (Å²) in [6, 6.07) is 4.73. The number of thioether (sulfide) groups is 1. The van der Waals surface area contributed by atoms with Gasteiger partial charge in [-0.3, -0.25) is 9.52 Å². The molecule has 1 aromatic heterocycles. The molecule has 0 atom stereocenters. The third kappa shape index (κ3) is 3.43. The predicted molar refractivity (Wildman–Crippen MR) is 120 cm³/mol. The Labute approximate surface area is 179 Å². The topological polar surface area (TPSA) is 80.2 Å². The molecule has 9 heteroatoms. The van der Waals surface area contributed by atoms with Gasteiger partial charge in [0.15, 0.2) is 0 Å². The summed E-state index contributed by atoms with van der Waals surface area (Å²) in [5.74, 6) is 0.200. The molecule has 0 unspecified atom stereocenters. The van der Waals surface area contributed by atoms with E-state index in [4.69, 9.17) is 0 Å². The third-order valence-corrected chi connectivity index (χ3v) is 8.99. The normalized spacial score (nSPS) is 16.8. The fourth-order valence-corrected chi connectivity index (χ4v) is 6.57. The summed E-state index contributed by atoms with van der Waals surface area (Å²) < 4.78 is 44.4. The summed E-state index contributed by atoms with van der Waals surface area (Å²) in [6.45, 7) is 7.60. The zero-order chi connectivity index (χ0) is 21.7. The van der Waals surface area contributed by atoms with E-state index in [0.29, 0.717) is 53.5 Å². The molecule has 2 aliphatic rings. The molecule has 30 heavy (non-hydrogen) atoms. The van der Waals surface area contributed by atoms with E-state index in [2.05, 4.69) is 16.6 Å². The fraction of sp³-hybridized carbons (Fsp3) is 0.381. The molecular formula is C21H24FN3O3S2. The number of rotatable bonds is 7. The van der Waals surface area contributed by atoms with E-state index < -0.39 is 20.6 Å². The molecule has 1 aromatic carbocycles. The van der Waals surface area contributed by atoms with Gasteiger partial charge in [-0.1, -0.05) is 12.1 Å².